The fourth-order valence-corrected chi connectivity index (χ4v) is 6.86. The number of rotatable bonds is 6. The molecule has 2 unspecified atom stereocenters. The number of pyridine rings is 1. The molecule has 0 saturated heterocycles. The Labute approximate surface area is 173 Å². The highest BCUT2D eigenvalue weighted by atomic mass is 16.5. The number of aromatic nitrogens is 1. The summed E-state index contributed by atoms with van der Waals surface area (Å²) in [5.41, 5.74) is 2.56. The lowest BCUT2D eigenvalue weighted by Crippen LogP contribution is -2.59. The van der Waals surface area contributed by atoms with Gasteiger partial charge in [0, 0.05) is 18.9 Å². The van der Waals surface area contributed by atoms with Gasteiger partial charge >= 0.3 is 0 Å². The molecule has 4 bridgehead atoms. The van der Waals surface area contributed by atoms with E-state index in [2.05, 4.69) is 40.6 Å². The van der Waals surface area contributed by atoms with Crippen LogP contribution in [-0.4, -0.2) is 24.5 Å². The van der Waals surface area contributed by atoms with E-state index in [-0.39, 0.29) is 16.7 Å². The molecule has 0 spiro atoms. The van der Waals surface area contributed by atoms with Crippen molar-refractivity contribution in [2.75, 3.05) is 13.7 Å². The van der Waals surface area contributed by atoms with E-state index in [1.807, 2.05) is 12.3 Å². The molecule has 4 aliphatic rings. The number of benzene rings is 1. The molecule has 1 heterocycles. The van der Waals surface area contributed by atoms with Gasteiger partial charge < -0.3 is 10.1 Å². The minimum absolute atomic E-state index is 0.164. The van der Waals surface area contributed by atoms with Gasteiger partial charge in [-0.2, -0.15) is 0 Å². The molecule has 1 N–H and O–H groups in total. The number of nitrogens with one attached hydrogen (secondary N) is 1. The van der Waals surface area contributed by atoms with E-state index in [1.165, 1.54) is 30.4 Å². The van der Waals surface area contributed by atoms with Gasteiger partial charge in [-0.1, -0.05) is 18.2 Å². The van der Waals surface area contributed by atoms with Crippen LogP contribution in [0.15, 0.2) is 48.8 Å². The van der Waals surface area contributed by atoms with Crippen molar-refractivity contribution in [3.8, 4) is 5.75 Å². The van der Waals surface area contributed by atoms with E-state index in [1.54, 1.807) is 13.3 Å². The summed E-state index contributed by atoms with van der Waals surface area (Å²) in [6, 6.07) is 12.7. The minimum Gasteiger partial charge on any atom is -0.497 e. The Morgan fingerprint density at radius 2 is 1.90 bits per heavy atom. The topological polar surface area (TPSA) is 51.2 Å². The summed E-state index contributed by atoms with van der Waals surface area (Å²) < 4.78 is 5.36. The van der Waals surface area contributed by atoms with Crippen LogP contribution in [0.2, 0.25) is 0 Å². The zero-order chi connectivity index (χ0) is 19.9. The average Bonchev–Trinajstić information content (AvgIpc) is 2.73. The van der Waals surface area contributed by atoms with E-state index in [0.29, 0.717) is 18.4 Å². The summed E-state index contributed by atoms with van der Waals surface area (Å²) in [6.45, 7) is 0.692. The molecule has 1 aromatic carbocycles. The third-order valence-corrected chi connectivity index (χ3v) is 7.67. The molecule has 4 aliphatic carbocycles. The summed E-state index contributed by atoms with van der Waals surface area (Å²) in [6.07, 6.45) is 11.4. The van der Waals surface area contributed by atoms with Gasteiger partial charge in [0.05, 0.1) is 12.5 Å². The van der Waals surface area contributed by atoms with Gasteiger partial charge in [0.25, 0.3) is 0 Å². The van der Waals surface area contributed by atoms with Gasteiger partial charge in [0.1, 0.15) is 5.75 Å². The molecular formula is C25H30N2O2. The number of amides is 1. The second-order valence-corrected chi connectivity index (χ2v) is 9.62. The summed E-state index contributed by atoms with van der Waals surface area (Å²) in [5, 5.41) is 3.29. The highest BCUT2D eigenvalue weighted by molar-refractivity contribution is 5.83. The average molecular weight is 391 g/mol. The van der Waals surface area contributed by atoms with Gasteiger partial charge in [0.15, 0.2) is 0 Å². The second kappa shape index (κ2) is 7.16. The van der Waals surface area contributed by atoms with Crippen LogP contribution in [0.25, 0.3) is 0 Å². The van der Waals surface area contributed by atoms with E-state index in [4.69, 9.17) is 4.74 Å². The standard InChI is InChI=1S/C25H30N2O2/c1-29-22-6-4-21(5-7-22)24-12-19-11-20(13-24)15-25(14-19,17-24)23(28)27-10-8-18-3-2-9-26-16-18/h2-7,9,16,19-20H,8,10-15,17H2,1H3,(H,27,28). The Bertz CT molecular complexity index is 863. The summed E-state index contributed by atoms with van der Waals surface area (Å²) in [7, 11) is 1.71. The molecular weight excluding hydrogens is 360 g/mol. The maximum Gasteiger partial charge on any atom is 0.226 e. The van der Waals surface area contributed by atoms with Crippen molar-refractivity contribution in [1.82, 2.24) is 10.3 Å². The maximum atomic E-state index is 13.4. The van der Waals surface area contributed by atoms with E-state index >= 15 is 0 Å². The molecule has 2 atom stereocenters. The molecule has 0 aliphatic heterocycles. The first-order valence-electron chi connectivity index (χ1n) is 10.9. The number of carbonyl (C=O) groups is 1. The number of hydrogen-bond acceptors (Lipinski definition) is 3. The van der Waals surface area contributed by atoms with Gasteiger partial charge in [-0.05, 0) is 91.5 Å². The van der Waals surface area contributed by atoms with Crippen molar-refractivity contribution in [3.05, 3.63) is 59.9 Å². The molecule has 0 radical (unpaired) electrons. The Hall–Kier alpha value is -2.36. The van der Waals surface area contributed by atoms with Gasteiger partial charge in [0.2, 0.25) is 5.91 Å². The van der Waals surface area contributed by atoms with Crippen molar-refractivity contribution < 1.29 is 9.53 Å². The van der Waals surface area contributed by atoms with Crippen LogP contribution in [0.3, 0.4) is 0 Å². The quantitative estimate of drug-likeness (QED) is 0.801. The summed E-state index contributed by atoms with van der Waals surface area (Å²) in [5.74, 6) is 2.56. The van der Waals surface area contributed by atoms with Gasteiger partial charge in [-0.25, -0.2) is 0 Å². The van der Waals surface area contributed by atoms with Crippen molar-refractivity contribution in [1.29, 1.82) is 0 Å². The first-order valence-corrected chi connectivity index (χ1v) is 10.9. The smallest absolute Gasteiger partial charge is 0.226 e. The first kappa shape index (κ1) is 18.7. The van der Waals surface area contributed by atoms with Crippen molar-refractivity contribution in [3.63, 3.8) is 0 Å². The van der Waals surface area contributed by atoms with Crippen LogP contribution in [0, 0.1) is 17.3 Å². The molecule has 29 heavy (non-hydrogen) atoms. The molecule has 4 heteroatoms. The lowest BCUT2D eigenvalue weighted by atomic mass is 9.42. The van der Waals surface area contributed by atoms with Crippen LogP contribution >= 0.6 is 0 Å². The second-order valence-electron chi connectivity index (χ2n) is 9.62. The van der Waals surface area contributed by atoms with Crippen LogP contribution in [0.1, 0.15) is 49.7 Å². The first-order chi connectivity index (χ1) is 14.1. The Morgan fingerprint density at radius 3 is 2.55 bits per heavy atom. The fraction of sp³-hybridized carbons (Fsp3) is 0.520. The molecule has 4 nitrogen and oxygen atoms in total. The predicted octanol–water partition coefficient (Wildman–Crippen LogP) is 4.29. The van der Waals surface area contributed by atoms with Crippen molar-refractivity contribution in [2.45, 2.75) is 50.4 Å². The van der Waals surface area contributed by atoms with Crippen LogP contribution in [0.5, 0.6) is 5.75 Å². The number of hydrogen-bond donors (Lipinski definition) is 1. The molecule has 4 fully saturated rings. The van der Waals surface area contributed by atoms with E-state index in [0.717, 1.165) is 31.4 Å². The Balaban J connectivity index is 1.34. The van der Waals surface area contributed by atoms with Gasteiger partial charge in [-0.15, -0.1) is 0 Å². The lowest BCUT2D eigenvalue weighted by molar-refractivity contribution is -0.149. The highest BCUT2D eigenvalue weighted by Crippen LogP contribution is 2.65. The molecule has 4 saturated carbocycles. The van der Waals surface area contributed by atoms with E-state index in [9.17, 15) is 4.79 Å². The predicted molar refractivity (Wildman–Crippen MR) is 113 cm³/mol. The van der Waals surface area contributed by atoms with Gasteiger partial charge in [-0.3, -0.25) is 9.78 Å². The van der Waals surface area contributed by atoms with Crippen molar-refractivity contribution >= 4 is 5.91 Å². The molecule has 6 rings (SSSR count). The maximum absolute atomic E-state index is 13.4. The van der Waals surface area contributed by atoms with Crippen LogP contribution in [0.4, 0.5) is 0 Å². The van der Waals surface area contributed by atoms with Crippen LogP contribution < -0.4 is 10.1 Å². The lowest BCUT2D eigenvalue weighted by Gasteiger charge is -2.61. The fourth-order valence-electron chi connectivity index (χ4n) is 6.86. The molecule has 152 valence electrons. The molecule has 1 aromatic heterocycles. The third kappa shape index (κ3) is 3.33. The normalized spacial score (nSPS) is 32.2. The SMILES string of the molecule is COc1ccc(C23CC4CC(CC(C(=O)NCCc5cccnc5)(C4)C2)C3)cc1. The van der Waals surface area contributed by atoms with Crippen molar-refractivity contribution in [2.24, 2.45) is 17.3 Å². The highest BCUT2D eigenvalue weighted by Gasteiger charge is 2.60. The third-order valence-electron chi connectivity index (χ3n) is 7.67. The largest absolute Gasteiger partial charge is 0.497 e. The number of nitrogens with zero attached hydrogens (tertiary/aromatic N) is 1. The number of carbonyl (C=O) groups excluding carboxylic acids is 1. The summed E-state index contributed by atoms with van der Waals surface area (Å²) in [4.78, 5) is 17.6. The monoisotopic (exact) mass is 390 g/mol. The number of methoxy groups -OCH3 is 1. The minimum atomic E-state index is -0.182. The Kier molecular flexibility index (Phi) is 4.60. The molecule has 2 aromatic rings. The van der Waals surface area contributed by atoms with Crippen LogP contribution in [-0.2, 0) is 16.6 Å². The molecule has 1 amide bonds. The Morgan fingerprint density at radius 1 is 1.14 bits per heavy atom. The summed E-state index contributed by atoms with van der Waals surface area (Å²) >= 11 is 0. The zero-order valence-electron chi connectivity index (χ0n) is 17.2. The zero-order valence-corrected chi connectivity index (χ0v) is 17.2. The number of ether oxygens (including phenoxy) is 1. The van der Waals surface area contributed by atoms with E-state index < -0.39 is 0 Å².